The average Bonchev–Trinajstić information content (AvgIpc) is 2.40. The summed E-state index contributed by atoms with van der Waals surface area (Å²) < 4.78 is 52.0. The lowest BCUT2D eigenvalue weighted by molar-refractivity contribution is 0.0697. The highest BCUT2D eigenvalue weighted by Gasteiger charge is 2.20. The number of pyridine rings is 1. The summed E-state index contributed by atoms with van der Waals surface area (Å²) in [5.41, 5.74) is -0.906. The van der Waals surface area contributed by atoms with Gasteiger partial charge in [-0.25, -0.2) is 22.0 Å². The number of halogens is 2. The molecule has 0 aliphatic carbocycles. The number of carboxylic acid groups (broad SMARTS) is 1. The summed E-state index contributed by atoms with van der Waals surface area (Å²) in [6, 6.07) is 3.25. The number of benzene rings is 1. The lowest BCUT2D eigenvalue weighted by Gasteiger charge is -2.10. The van der Waals surface area contributed by atoms with Crippen LogP contribution in [0, 0.1) is 11.6 Å². The summed E-state index contributed by atoms with van der Waals surface area (Å²) in [6.07, 6.45) is 1.72. The van der Waals surface area contributed by atoms with Crippen LogP contribution in [-0.2, 0) is 10.0 Å². The molecule has 0 radical (unpaired) electrons. The molecule has 1 heterocycles. The minimum absolute atomic E-state index is 0.340. The van der Waals surface area contributed by atoms with Crippen molar-refractivity contribution in [1.82, 2.24) is 4.98 Å². The van der Waals surface area contributed by atoms with E-state index in [0.717, 1.165) is 30.6 Å². The van der Waals surface area contributed by atoms with Gasteiger partial charge >= 0.3 is 5.97 Å². The van der Waals surface area contributed by atoms with Crippen molar-refractivity contribution in [3.8, 4) is 0 Å². The van der Waals surface area contributed by atoms with E-state index >= 15 is 0 Å². The normalized spacial score (nSPS) is 11.1. The predicted octanol–water partition coefficient (Wildman–Crippen LogP) is 1.86. The van der Waals surface area contributed by atoms with Crippen molar-refractivity contribution in [1.29, 1.82) is 0 Å². The zero-order chi connectivity index (χ0) is 15.6. The van der Waals surface area contributed by atoms with E-state index in [4.69, 9.17) is 5.11 Å². The summed E-state index contributed by atoms with van der Waals surface area (Å²) in [4.78, 5) is 13.9. The monoisotopic (exact) mass is 314 g/mol. The lowest BCUT2D eigenvalue weighted by atomic mass is 10.2. The first kappa shape index (κ1) is 14.9. The molecule has 0 amide bonds. The number of nitrogens with one attached hydrogen (secondary N) is 1. The molecule has 0 aliphatic heterocycles. The number of aromatic carboxylic acids is 1. The number of carbonyl (C=O) groups is 1. The molecule has 6 nitrogen and oxygen atoms in total. The van der Waals surface area contributed by atoms with Gasteiger partial charge in [0.1, 0.15) is 16.5 Å². The van der Waals surface area contributed by atoms with Crippen LogP contribution in [0.4, 0.5) is 14.5 Å². The third kappa shape index (κ3) is 3.31. The summed E-state index contributed by atoms with van der Waals surface area (Å²) in [5.74, 6) is -3.21. The molecular formula is C12H8F2N2O4S. The van der Waals surface area contributed by atoms with Crippen molar-refractivity contribution in [3.05, 3.63) is 53.9 Å². The topological polar surface area (TPSA) is 96.4 Å². The molecule has 0 aliphatic rings. The third-order valence-electron chi connectivity index (χ3n) is 2.45. The highest BCUT2D eigenvalue weighted by molar-refractivity contribution is 7.92. The number of hydrogen-bond donors (Lipinski definition) is 2. The van der Waals surface area contributed by atoms with Crippen LogP contribution in [0.5, 0.6) is 0 Å². The fourth-order valence-corrected chi connectivity index (χ4v) is 2.58. The Morgan fingerprint density at radius 1 is 1.14 bits per heavy atom. The second-order valence-corrected chi connectivity index (χ2v) is 5.62. The third-order valence-corrected chi connectivity index (χ3v) is 3.78. The van der Waals surface area contributed by atoms with Crippen LogP contribution in [0.2, 0.25) is 0 Å². The summed E-state index contributed by atoms with van der Waals surface area (Å²) in [6.45, 7) is 0. The van der Waals surface area contributed by atoms with Crippen molar-refractivity contribution >= 4 is 21.7 Å². The number of hydrogen-bond acceptors (Lipinski definition) is 4. The number of sulfonamides is 1. The second kappa shape index (κ2) is 5.44. The molecule has 110 valence electrons. The molecule has 0 saturated heterocycles. The molecule has 0 bridgehead atoms. The van der Waals surface area contributed by atoms with Crippen LogP contribution >= 0.6 is 0 Å². The molecule has 2 N–H and O–H groups in total. The number of nitrogens with zero attached hydrogens (tertiary/aromatic N) is 1. The van der Waals surface area contributed by atoms with E-state index < -0.39 is 38.1 Å². The van der Waals surface area contributed by atoms with Gasteiger partial charge < -0.3 is 5.11 Å². The van der Waals surface area contributed by atoms with Crippen molar-refractivity contribution in [2.24, 2.45) is 0 Å². The van der Waals surface area contributed by atoms with E-state index in [0.29, 0.717) is 6.07 Å². The van der Waals surface area contributed by atoms with Crippen molar-refractivity contribution < 1.29 is 27.1 Å². The molecule has 1 aromatic heterocycles. The van der Waals surface area contributed by atoms with Gasteiger partial charge in [0.15, 0.2) is 0 Å². The highest BCUT2D eigenvalue weighted by Crippen LogP contribution is 2.21. The van der Waals surface area contributed by atoms with Gasteiger partial charge in [0, 0.05) is 6.20 Å². The minimum atomic E-state index is -4.24. The first-order valence-electron chi connectivity index (χ1n) is 5.46. The molecule has 0 saturated carbocycles. The summed E-state index contributed by atoms with van der Waals surface area (Å²) in [5, 5.41) is 8.93. The van der Waals surface area contributed by atoms with Gasteiger partial charge in [-0.15, -0.1) is 0 Å². The van der Waals surface area contributed by atoms with Crippen molar-refractivity contribution in [2.75, 3.05) is 4.72 Å². The number of aromatic nitrogens is 1. The molecule has 9 heteroatoms. The fourth-order valence-electron chi connectivity index (χ4n) is 1.53. The van der Waals surface area contributed by atoms with Crippen LogP contribution in [0.3, 0.4) is 0 Å². The van der Waals surface area contributed by atoms with Gasteiger partial charge in [-0.2, -0.15) is 0 Å². The maximum Gasteiger partial charge on any atom is 0.337 e. The molecule has 2 rings (SSSR count). The fraction of sp³-hybridized carbons (Fsp3) is 0. The Bertz CT molecular complexity index is 809. The molecule has 0 fully saturated rings. The average molecular weight is 314 g/mol. The molecule has 2 aromatic rings. The second-order valence-electron chi connectivity index (χ2n) is 3.94. The maximum atomic E-state index is 13.0. The number of carboxylic acids is 1. The van der Waals surface area contributed by atoms with E-state index in [1.807, 2.05) is 4.72 Å². The van der Waals surface area contributed by atoms with Gasteiger partial charge in [-0.3, -0.25) is 9.71 Å². The van der Waals surface area contributed by atoms with Crippen LogP contribution in [0.25, 0.3) is 0 Å². The standard InChI is InChI=1S/C12H8F2N2O4S/c13-7-1-2-11(10(4-7)12(17)18)16-21(19,20)9-3-8(14)5-15-6-9/h1-6,16H,(H,17,18). The van der Waals surface area contributed by atoms with E-state index in [-0.39, 0.29) is 5.69 Å². The van der Waals surface area contributed by atoms with E-state index in [1.54, 1.807) is 0 Å². The maximum absolute atomic E-state index is 13.0. The Morgan fingerprint density at radius 3 is 2.48 bits per heavy atom. The zero-order valence-electron chi connectivity index (χ0n) is 10.2. The van der Waals surface area contributed by atoms with Gasteiger partial charge in [0.05, 0.1) is 17.4 Å². The van der Waals surface area contributed by atoms with Crippen molar-refractivity contribution in [3.63, 3.8) is 0 Å². The van der Waals surface area contributed by atoms with Crippen LogP contribution in [-0.4, -0.2) is 24.5 Å². The number of anilines is 1. The molecule has 0 atom stereocenters. The van der Waals surface area contributed by atoms with Gasteiger partial charge in [0.2, 0.25) is 0 Å². The molecule has 21 heavy (non-hydrogen) atoms. The molecule has 0 spiro atoms. The molecule has 1 aromatic carbocycles. The SMILES string of the molecule is O=C(O)c1cc(F)ccc1NS(=O)(=O)c1cncc(F)c1. The molecule has 0 unspecified atom stereocenters. The highest BCUT2D eigenvalue weighted by atomic mass is 32.2. The van der Waals surface area contributed by atoms with E-state index in [1.165, 1.54) is 0 Å². The largest absolute Gasteiger partial charge is 0.478 e. The van der Waals surface area contributed by atoms with Crippen LogP contribution < -0.4 is 4.72 Å². The summed E-state index contributed by atoms with van der Waals surface area (Å²) >= 11 is 0. The van der Waals surface area contributed by atoms with Gasteiger partial charge in [0.25, 0.3) is 10.0 Å². The number of rotatable bonds is 4. The predicted molar refractivity (Wildman–Crippen MR) is 68.4 cm³/mol. The Balaban J connectivity index is 2.44. The van der Waals surface area contributed by atoms with Gasteiger partial charge in [-0.05, 0) is 24.3 Å². The molecular weight excluding hydrogens is 306 g/mol. The summed E-state index contributed by atoms with van der Waals surface area (Å²) in [7, 11) is -4.24. The zero-order valence-corrected chi connectivity index (χ0v) is 11.1. The Kier molecular flexibility index (Phi) is 3.85. The first-order valence-corrected chi connectivity index (χ1v) is 6.94. The van der Waals surface area contributed by atoms with Crippen molar-refractivity contribution in [2.45, 2.75) is 4.90 Å². The Hall–Kier alpha value is -2.55. The lowest BCUT2D eigenvalue weighted by Crippen LogP contribution is -2.16. The van der Waals surface area contributed by atoms with E-state index in [2.05, 4.69) is 4.98 Å². The van der Waals surface area contributed by atoms with Gasteiger partial charge in [-0.1, -0.05) is 0 Å². The minimum Gasteiger partial charge on any atom is -0.478 e. The smallest absolute Gasteiger partial charge is 0.337 e. The van der Waals surface area contributed by atoms with E-state index in [9.17, 15) is 22.0 Å². The van der Waals surface area contributed by atoms with Crippen LogP contribution in [0.1, 0.15) is 10.4 Å². The van der Waals surface area contributed by atoms with Crippen LogP contribution in [0.15, 0.2) is 41.6 Å². The Morgan fingerprint density at radius 2 is 1.86 bits per heavy atom. The quantitative estimate of drug-likeness (QED) is 0.898. The first-order chi connectivity index (χ1) is 9.79. The Labute approximate surface area is 118 Å².